The SMILES string of the molecule is COCCNC(=O)N1CCCC[C@@H]1[C@@H](C)NC(=O)OC(C)(C)C. The van der Waals surface area contributed by atoms with Crippen molar-refractivity contribution in [1.29, 1.82) is 0 Å². The predicted octanol–water partition coefficient (Wildman–Crippen LogP) is 2.11. The number of nitrogens with one attached hydrogen (secondary N) is 2. The molecule has 1 fully saturated rings. The minimum absolute atomic E-state index is 0.0289. The Morgan fingerprint density at radius 3 is 2.61 bits per heavy atom. The van der Waals surface area contributed by atoms with E-state index in [2.05, 4.69) is 10.6 Å². The predicted molar refractivity (Wildman–Crippen MR) is 88.5 cm³/mol. The van der Waals surface area contributed by atoms with Gasteiger partial charge in [-0.25, -0.2) is 9.59 Å². The lowest BCUT2D eigenvalue weighted by molar-refractivity contribution is 0.0461. The Kier molecular flexibility index (Phi) is 7.61. The highest BCUT2D eigenvalue weighted by Gasteiger charge is 2.32. The van der Waals surface area contributed by atoms with Gasteiger partial charge in [0.1, 0.15) is 5.60 Å². The lowest BCUT2D eigenvalue weighted by atomic mass is 9.97. The molecule has 134 valence electrons. The van der Waals surface area contributed by atoms with Crippen LogP contribution in [0.15, 0.2) is 0 Å². The molecule has 0 unspecified atom stereocenters. The van der Waals surface area contributed by atoms with Crippen LogP contribution in [-0.2, 0) is 9.47 Å². The molecule has 23 heavy (non-hydrogen) atoms. The zero-order chi connectivity index (χ0) is 17.5. The average molecular weight is 329 g/mol. The number of hydrogen-bond donors (Lipinski definition) is 2. The normalized spacial score (nSPS) is 19.9. The third-order valence-corrected chi connectivity index (χ3v) is 3.71. The molecule has 1 aliphatic heterocycles. The molecule has 0 aromatic rings. The molecule has 0 bridgehead atoms. The van der Waals surface area contributed by atoms with Crippen LogP contribution < -0.4 is 10.6 Å². The number of piperidine rings is 1. The van der Waals surface area contributed by atoms with Gasteiger partial charge in [-0.15, -0.1) is 0 Å². The van der Waals surface area contributed by atoms with Gasteiger partial charge in [0.15, 0.2) is 0 Å². The molecular formula is C16H31N3O4. The number of amides is 3. The van der Waals surface area contributed by atoms with E-state index in [9.17, 15) is 9.59 Å². The zero-order valence-electron chi connectivity index (χ0n) is 15.0. The Balaban J connectivity index is 2.58. The molecule has 0 aromatic carbocycles. The number of carbonyl (C=O) groups excluding carboxylic acids is 2. The first-order valence-corrected chi connectivity index (χ1v) is 8.27. The largest absolute Gasteiger partial charge is 0.444 e. The van der Waals surface area contributed by atoms with Crippen molar-refractivity contribution in [2.45, 2.75) is 64.6 Å². The van der Waals surface area contributed by atoms with Gasteiger partial charge in [0.25, 0.3) is 0 Å². The van der Waals surface area contributed by atoms with Crippen molar-refractivity contribution in [3.63, 3.8) is 0 Å². The van der Waals surface area contributed by atoms with Crippen LogP contribution in [0.2, 0.25) is 0 Å². The van der Waals surface area contributed by atoms with Gasteiger partial charge in [-0.05, 0) is 47.0 Å². The van der Waals surface area contributed by atoms with Crippen LogP contribution in [0.5, 0.6) is 0 Å². The summed E-state index contributed by atoms with van der Waals surface area (Å²) < 4.78 is 10.2. The second kappa shape index (κ2) is 8.96. The maximum absolute atomic E-state index is 12.3. The van der Waals surface area contributed by atoms with Crippen molar-refractivity contribution in [1.82, 2.24) is 15.5 Å². The fraction of sp³-hybridized carbons (Fsp3) is 0.875. The van der Waals surface area contributed by atoms with Crippen molar-refractivity contribution < 1.29 is 19.1 Å². The van der Waals surface area contributed by atoms with E-state index in [-0.39, 0.29) is 18.1 Å². The molecule has 0 aromatic heterocycles. The minimum Gasteiger partial charge on any atom is -0.444 e. The van der Waals surface area contributed by atoms with Gasteiger partial charge in [-0.3, -0.25) is 0 Å². The highest BCUT2D eigenvalue weighted by atomic mass is 16.6. The van der Waals surface area contributed by atoms with Crippen LogP contribution in [0.25, 0.3) is 0 Å². The number of methoxy groups -OCH3 is 1. The summed E-state index contributed by atoms with van der Waals surface area (Å²) >= 11 is 0. The van der Waals surface area contributed by atoms with Gasteiger partial charge in [0.2, 0.25) is 0 Å². The van der Waals surface area contributed by atoms with E-state index in [0.29, 0.717) is 19.7 Å². The number of alkyl carbamates (subject to hydrolysis) is 1. The van der Waals surface area contributed by atoms with Gasteiger partial charge in [-0.2, -0.15) is 0 Å². The molecule has 7 heteroatoms. The maximum atomic E-state index is 12.3. The molecule has 0 aliphatic carbocycles. The lowest BCUT2D eigenvalue weighted by Crippen LogP contribution is -2.57. The van der Waals surface area contributed by atoms with Gasteiger partial charge >= 0.3 is 12.1 Å². The highest BCUT2D eigenvalue weighted by Crippen LogP contribution is 2.20. The topological polar surface area (TPSA) is 79.9 Å². The fourth-order valence-electron chi connectivity index (χ4n) is 2.68. The van der Waals surface area contributed by atoms with Gasteiger partial charge < -0.3 is 25.0 Å². The molecule has 1 aliphatic rings. The van der Waals surface area contributed by atoms with Crippen molar-refractivity contribution >= 4 is 12.1 Å². The number of ether oxygens (including phenoxy) is 2. The Bertz CT molecular complexity index is 395. The molecule has 3 amide bonds. The standard InChI is InChI=1S/C16H31N3O4/c1-12(18-15(21)23-16(2,3)4)13-8-6-7-10-19(13)14(20)17-9-11-22-5/h12-13H,6-11H2,1-5H3,(H,17,20)(H,18,21)/t12-,13-/m1/s1. The van der Waals surface area contributed by atoms with E-state index in [1.807, 2.05) is 27.7 Å². The summed E-state index contributed by atoms with van der Waals surface area (Å²) in [5.41, 5.74) is -0.534. The van der Waals surface area contributed by atoms with E-state index < -0.39 is 11.7 Å². The quantitative estimate of drug-likeness (QED) is 0.757. The Morgan fingerprint density at radius 2 is 2.00 bits per heavy atom. The van der Waals surface area contributed by atoms with E-state index in [0.717, 1.165) is 19.3 Å². The summed E-state index contributed by atoms with van der Waals surface area (Å²) in [6.45, 7) is 9.05. The summed E-state index contributed by atoms with van der Waals surface area (Å²) in [4.78, 5) is 26.1. The molecule has 0 spiro atoms. The summed E-state index contributed by atoms with van der Waals surface area (Å²) in [7, 11) is 1.60. The molecule has 1 saturated heterocycles. The number of hydrogen-bond acceptors (Lipinski definition) is 4. The Labute approximate surface area is 139 Å². The molecule has 0 radical (unpaired) electrons. The molecule has 1 rings (SSSR count). The molecule has 1 heterocycles. The minimum atomic E-state index is -0.534. The number of urea groups is 1. The van der Waals surface area contributed by atoms with Gasteiger partial charge in [0.05, 0.1) is 12.6 Å². The number of likely N-dealkylation sites (tertiary alicyclic amines) is 1. The monoisotopic (exact) mass is 329 g/mol. The highest BCUT2D eigenvalue weighted by molar-refractivity contribution is 5.75. The summed E-state index contributed by atoms with van der Waals surface area (Å²) in [6, 6.07) is -0.304. The molecule has 2 atom stereocenters. The van der Waals surface area contributed by atoms with Crippen LogP contribution in [0, 0.1) is 0 Å². The molecular weight excluding hydrogens is 298 g/mol. The number of carbonyl (C=O) groups is 2. The lowest BCUT2D eigenvalue weighted by Gasteiger charge is -2.39. The Hall–Kier alpha value is -1.50. The third kappa shape index (κ3) is 7.07. The first-order chi connectivity index (χ1) is 10.7. The van der Waals surface area contributed by atoms with Crippen LogP contribution >= 0.6 is 0 Å². The second-order valence-electron chi connectivity index (χ2n) is 6.92. The molecule has 2 N–H and O–H groups in total. The van der Waals surface area contributed by atoms with E-state index in [1.165, 1.54) is 0 Å². The fourth-order valence-corrected chi connectivity index (χ4v) is 2.68. The van der Waals surface area contributed by atoms with Crippen LogP contribution in [0.1, 0.15) is 47.0 Å². The second-order valence-corrected chi connectivity index (χ2v) is 6.92. The van der Waals surface area contributed by atoms with Crippen LogP contribution in [0.3, 0.4) is 0 Å². The van der Waals surface area contributed by atoms with E-state index in [1.54, 1.807) is 12.0 Å². The van der Waals surface area contributed by atoms with Crippen molar-refractivity contribution in [3.05, 3.63) is 0 Å². The average Bonchev–Trinajstić information content (AvgIpc) is 2.45. The van der Waals surface area contributed by atoms with Crippen LogP contribution in [-0.4, -0.2) is 61.5 Å². The van der Waals surface area contributed by atoms with E-state index >= 15 is 0 Å². The van der Waals surface area contributed by atoms with Crippen molar-refractivity contribution in [2.75, 3.05) is 26.8 Å². The maximum Gasteiger partial charge on any atom is 0.407 e. The Morgan fingerprint density at radius 1 is 1.30 bits per heavy atom. The zero-order valence-corrected chi connectivity index (χ0v) is 15.0. The number of rotatable bonds is 5. The third-order valence-electron chi connectivity index (χ3n) is 3.71. The smallest absolute Gasteiger partial charge is 0.407 e. The van der Waals surface area contributed by atoms with E-state index in [4.69, 9.17) is 9.47 Å². The summed E-state index contributed by atoms with van der Waals surface area (Å²) in [6.07, 6.45) is 2.45. The van der Waals surface area contributed by atoms with Crippen molar-refractivity contribution in [3.8, 4) is 0 Å². The van der Waals surface area contributed by atoms with Gasteiger partial charge in [-0.1, -0.05) is 0 Å². The molecule has 0 saturated carbocycles. The van der Waals surface area contributed by atoms with Crippen molar-refractivity contribution in [2.24, 2.45) is 0 Å². The van der Waals surface area contributed by atoms with Gasteiger partial charge in [0, 0.05) is 26.2 Å². The molecule has 7 nitrogen and oxygen atoms in total. The van der Waals surface area contributed by atoms with Crippen LogP contribution in [0.4, 0.5) is 9.59 Å². The first-order valence-electron chi connectivity index (χ1n) is 8.27. The number of nitrogens with zero attached hydrogens (tertiary/aromatic N) is 1. The summed E-state index contributed by atoms with van der Waals surface area (Å²) in [5.74, 6) is 0. The first kappa shape index (κ1) is 19.5. The summed E-state index contributed by atoms with van der Waals surface area (Å²) in [5, 5.41) is 5.70.